The van der Waals surface area contributed by atoms with Gasteiger partial charge in [0.2, 0.25) is 0 Å². The van der Waals surface area contributed by atoms with E-state index in [1.807, 2.05) is 0 Å². The van der Waals surface area contributed by atoms with E-state index in [0.29, 0.717) is 13.8 Å². The lowest BCUT2D eigenvalue weighted by Crippen LogP contribution is -2.51. The molecule has 6 N–H and O–H groups in total. The van der Waals surface area contributed by atoms with Crippen LogP contribution in [-0.2, 0) is 39.3 Å². The summed E-state index contributed by atoms with van der Waals surface area (Å²) in [5, 5.41) is 0. The molecule has 9 heteroatoms. The molecular weight excluding hydrogens is 684 g/mol. The molecule has 4 aromatic carbocycles. The fourth-order valence-corrected chi connectivity index (χ4v) is 6.82. The summed E-state index contributed by atoms with van der Waals surface area (Å²) in [5.74, 6) is 21.4. The third kappa shape index (κ3) is 4.73. The molecule has 0 saturated carbocycles. The first-order valence-electron chi connectivity index (χ1n) is 12.7. The van der Waals surface area contributed by atoms with Gasteiger partial charge in [0.05, 0.1) is 0 Å². The van der Waals surface area contributed by atoms with Gasteiger partial charge in [-0.05, 0) is 0 Å². The summed E-state index contributed by atoms with van der Waals surface area (Å²) >= 11 is 0. The SMILES string of the molecule is Br.Br.Br.N[N+]1(c2ccccc2)Cc2c3c(c4c(c2C1)C[N+](N)(c1ccccc1)C4)C[N+](N)(c1ccccc1)C3. The van der Waals surface area contributed by atoms with E-state index in [-0.39, 0.29) is 50.9 Å². The number of fused-ring (bicyclic) bond motifs is 6. The highest BCUT2D eigenvalue weighted by atomic mass is 79.9. The third-order valence-corrected chi connectivity index (χ3v) is 8.64. The molecule has 0 saturated heterocycles. The maximum absolute atomic E-state index is 7.14. The number of benzene rings is 4. The van der Waals surface area contributed by atoms with Crippen LogP contribution in [0.1, 0.15) is 33.4 Å². The average Bonchev–Trinajstić information content (AvgIpc) is 3.58. The minimum atomic E-state index is 0. The number of hydrogen-bond donors (Lipinski definition) is 3. The standard InChI is InChI=1S/C30H33N6.3BrH/c31-34(22-10-4-1-5-11-22)16-25-26(17-34)28-19-36(33,24-14-8-3-9-15-24)21-30(28)29-20-35(32,18-27(25)29)23-12-6-2-7-13-23;;;/h1-15H,16-21,31-33H2;3*1H/q+3;;;. The molecule has 39 heavy (non-hydrogen) atoms. The van der Waals surface area contributed by atoms with Crippen molar-refractivity contribution in [3.8, 4) is 0 Å². The third-order valence-electron chi connectivity index (χ3n) is 8.64. The molecule has 0 bridgehead atoms. The largest absolute Gasteiger partial charge is 0.209 e. The molecule has 0 aromatic heterocycles. The molecule has 0 amide bonds. The Morgan fingerprint density at radius 1 is 0.333 bits per heavy atom. The molecule has 0 aliphatic carbocycles. The van der Waals surface area contributed by atoms with Crippen LogP contribution >= 0.6 is 50.9 Å². The van der Waals surface area contributed by atoms with Gasteiger partial charge in [0.25, 0.3) is 0 Å². The van der Waals surface area contributed by atoms with Crippen LogP contribution in [0.4, 0.5) is 17.1 Å². The Labute approximate surface area is 261 Å². The van der Waals surface area contributed by atoms with Crippen molar-refractivity contribution in [1.29, 1.82) is 0 Å². The van der Waals surface area contributed by atoms with Crippen LogP contribution in [0, 0.1) is 0 Å². The highest BCUT2D eigenvalue weighted by Crippen LogP contribution is 2.48. The van der Waals surface area contributed by atoms with Gasteiger partial charge in [0, 0.05) is 69.8 Å². The molecule has 204 valence electrons. The maximum Gasteiger partial charge on any atom is 0.152 e. The van der Waals surface area contributed by atoms with E-state index in [1.54, 1.807) is 0 Å². The fraction of sp³-hybridized carbons (Fsp3) is 0.200. The Bertz CT molecular complexity index is 1240. The molecule has 0 fully saturated rings. The lowest BCUT2D eigenvalue weighted by atomic mass is 9.90. The highest BCUT2D eigenvalue weighted by Gasteiger charge is 2.51. The van der Waals surface area contributed by atoms with Gasteiger partial charge in [0.1, 0.15) is 39.3 Å². The lowest BCUT2D eigenvalue weighted by molar-refractivity contribution is 0.283. The number of halogens is 3. The smallest absolute Gasteiger partial charge is 0.152 e. The first kappa shape index (κ1) is 30.0. The molecule has 3 heterocycles. The van der Waals surface area contributed by atoms with Gasteiger partial charge in [-0.25, -0.2) is 13.8 Å². The second-order valence-corrected chi connectivity index (χ2v) is 10.9. The van der Waals surface area contributed by atoms with E-state index in [0.717, 1.165) is 56.3 Å². The van der Waals surface area contributed by atoms with Crippen LogP contribution in [0.2, 0.25) is 0 Å². The van der Waals surface area contributed by atoms with Gasteiger partial charge in [-0.2, -0.15) is 17.5 Å². The second kappa shape index (κ2) is 10.8. The Morgan fingerprint density at radius 3 is 0.692 bits per heavy atom. The number of quaternary nitrogens is 3. The maximum atomic E-state index is 7.14. The van der Waals surface area contributed by atoms with Crippen molar-refractivity contribution < 1.29 is 0 Å². The summed E-state index contributed by atoms with van der Waals surface area (Å²) < 4.78 is 1.18. The summed E-state index contributed by atoms with van der Waals surface area (Å²) in [6.07, 6.45) is 0. The molecule has 0 unspecified atom stereocenters. The predicted molar refractivity (Wildman–Crippen MR) is 177 cm³/mol. The highest BCUT2D eigenvalue weighted by molar-refractivity contribution is 8.93. The second-order valence-electron chi connectivity index (χ2n) is 10.9. The zero-order chi connectivity index (χ0) is 24.5. The number of hydrogen-bond acceptors (Lipinski definition) is 3. The molecule has 6 nitrogen and oxygen atoms in total. The first-order valence-corrected chi connectivity index (χ1v) is 12.7. The fourth-order valence-electron chi connectivity index (χ4n) is 6.82. The zero-order valence-corrected chi connectivity index (χ0v) is 26.8. The Balaban J connectivity index is 0.00000118. The molecule has 0 radical (unpaired) electrons. The van der Waals surface area contributed by atoms with Crippen molar-refractivity contribution >= 4 is 68.0 Å². The van der Waals surface area contributed by atoms with Crippen molar-refractivity contribution in [2.75, 3.05) is 0 Å². The molecule has 0 spiro atoms. The monoisotopic (exact) mass is 717 g/mol. The molecule has 3 aliphatic rings. The number of nitrogens with zero attached hydrogens (tertiary/aromatic N) is 3. The molecular formula is C30H36Br3N6+3. The molecule has 7 rings (SSSR count). The van der Waals surface area contributed by atoms with E-state index in [4.69, 9.17) is 17.5 Å². The minimum absolute atomic E-state index is 0. The van der Waals surface area contributed by atoms with Crippen molar-refractivity contribution in [1.82, 2.24) is 13.8 Å². The summed E-state index contributed by atoms with van der Waals surface area (Å²) in [6.45, 7) is 4.66. The Hall–Kier alpha value is -1.92. The summed E-state index contributed by atoms with van der Waals surface area (Å²) in [7, 11) is 0. The normalized spacial score (nSPS) is 25.9. The van der Waals surface area contributed by atoms with E-state index >= 15 is 0 Å². The summed E-state index contributed by atoms with van der Waals surface area (Å²) in [4.78, 5) is 0. The topological polar surface area (TPSA) is 78.1 Å². The van der Waals surface area contributed by atoms with Crippen LogP contribution in [-0.4, -0.2) is 0 Å². The van der Waals surface area contributed by atoms with Gasteiger partial charge in [0.15, 0.2) is 17.1 Å². The quantitative estimate of drug-likeness (QED) is 0.177. The summed E-state index contributed by atoms with van der Waals surface area (Å²) in [6, 6.07) is 31.5. The van der Waals surface area contributed by atoms with Gasteiger partial charge in [-0.3, -0.25) is 0 Å². The van der Waals surface area contributed by atoms with Crippen molar-refractivity contribution in [3.05, 3.63) is 124 Å². The minimum Gasteiger partial charge on any atom is -0.209 e. The van der Waals surface area contributed by atoms with Gasteiger partial charge in [-0.1, -0.05) is 54.6 Å². The van der Waals surface area contributed by atoms with Crippen LogP contribution in [0.3, 0.4) is 0 Å². The van der Waals surface area contributed by atoms with Crippen molar-refractivity contribution in [2.45, 2.75) is 39.3 Å². The van der Waals surface area contributed by atoms with E-state index in [1.165, 1.54) is 33.4 Å². The van der Waals surface area contributed by atoms with E-state index in [2.05, 4.69) is 91.0 Å². The van der Waals surface area contributed by atoms with E-state index in [9.17, 15) is 0 Å². The lowest BCUT2D eigenvalue weighted by Gasteiger charge is -2.28. The van der Waals surface area contributed by atoms with Crippen molar-refractivity contribution in [3.63, 3.8) is 0 Å². The first-order chi connectivity index (χ1) is 17.4. The number of para-hydroxylation sites is 3. The Kier molecular flexibility index (Phi) is 8.33. The number of nitrogens with two attached hydrogens (primary N) is 3. The predicted octanol–water partition coefficient (Wildman–Crippen LogP) is 6.10. The molecule has 3 aliphatic heterocycles. The van der Waals surface area contributed by atoms with Crippen LogP contribution in [0.5, 0.6) is 0 Å². The molecule has 4 aromatic rings. The zero-order valence-electron chi connectivity index (χ0n) is 21.7. The van der Waals surface area contributed by atoms with Crippen LogP contribution < -0.4 is 31.3 Å². The average molecular weight is 720 g/mol. The Morgan fingerprint density at radius 2 is 0.513 bits per heavy atom. The molecule has 0 atom stereocenters. The van der Waals surface area contributed by atoms with Gasteiger partial charge in [-0.15, -0.1) is 50.9 Å². The van der Waals surface area contributed by atoms with Gasteiger partial charge >= 0.3 is 0 Å². The van der Waals surface area contributed by atoms with Crippen LogP contribution in [0.25, 0.3) is 0 Å². The van der Waals surface area contributed by atoms with Crippen LogP contribution in [0.15, 0.2) is 91.0 Å². The van der Waals surface area contributed by atoms with Gasteiger partial charge < -0.3 is 0 Å². The number of rotatable bonds is 3. The summed E-state index contributed by atoms with van der Waals surface area (Å²) in [5.41, 5.74) is 11.7. The van der Waals surface area contributed by atoms with Crippen molar-refractivity contribution in [2.24, 2.45) is 17.5 Å². The van der Waals surface area contributed by atoms with E-state index < -0.39 is 0 Å².